The molecular weight excluding hydrogens is 286 g/mol. The fourth-order valence-electron chi connectivity index (χ4n) is 2.30. The van der Waals surface area contributed by atoms with Crippen LogP contribution in [-0.4, -0.2) is 43.2 Å². The molecule has 1 N–H and O–H groups in total. The highest BCUT2D eigenvalue weighted by molar-refractivity contribution is 5.87. The Bertz CT molecular complexity index is 396. The molecule has 0 unspecified atom stereocenters. The van der Waals surface area contributed by atoms with E-state index in [1.807, 2.05) is 0 Å². The molecule has 0 heterocycles. The van der Waals surface area contributed by atoms with Gasteiger partial charge in [-0.05, 0) is 25.0 Å². The van der Waals surface area contributed by atoms with E-state index in [0.717, 1.165) is 4.48 Å². The van der Waals surface area contributed by atoms with Crippen LogP contribution >= 0.6 is 0 Å². The van der Waals surface area contributed by atoms with E-state index in [1.165, 1.54) is 57.9 Å². The van der Waals surface area contributed by atoms with Gasteiger partial charge in [-0.25, -0.2) is 4.79 Å². The number of hydrogen-bond donors (Lipinski definition) is 1. The minimum atomic E-state index is -0.879. The Balaban J connectivity index is 0.000000459. The highest BCUT2D eigenvalue weighted by Gasteiger charge is 2.04. The SMILES string of the molecule is CCCCCCCCCC[N+](C)(C)C.O=C(O)c1ccccc1. The Kier molecular flexibility index (Phi) is 12.4. The molecule has 0 aromatic heterocycles. The first-order valence-corrected chi connectivity index (χ1v) is 8.95. The van der Waals surface area contributed by atoms with Gasteiger partial charge < -0.3 is 9.59 Å². The summed E-state index contributed by atoms with van der Waals surface area (Å²) in [6.07, 6.45) is 11.4. The molecule has 3 heteroatoms. The molecule has 1 aromatic rings. The summed E-state index contributed by atoms with van der Waals surface area (Å²) < 4.78 is 1.12. The lowest BCUT2D eigenvalue weighted by Gasteiger charge is -2.23. The maximum atomic E-state index is 10.2. The fraction of sp³-hybridized carbons (Fsp3) is 0.650. The molecule has 0 atom stereocenters. The normalized spacial score (nSPS) is 10.8. The fourth-order valence-corrected chi connectivity index (χ4v) is 2.30. The quantitative estimate of drug-likeness (QED) is 0.474. The molecule has 132 valence electrons. The minimum absolute atomic E-state index is 0.331. The third-order valence-electron chi connectivity index (χ3n) is 3.70. The van der Waals surface area contributed by atoms with Crippen LogP contribution in [0.25, 0.3) is 0 Å². The van der Waals surface area contributed by atoms with Crippen molar-refractivity contribution in [3.8, 4) is 0 Å². The molecule has 0 spiro atoms. The molecule has 0 radical (unpaired) electrons. The summed E-state index contributed by atoms with van der Waals surface area (Å²) in [5.74, 6) is -0.879. The van der Waals surface area contributed by atoms with Gasteiger partial charge in [0.25, 0.3) is 0 Å². The van der Waals surface area contributed by atoms with Gasteiger partial charge >= 0.3 is 5.97 Å². The molecule has 0 fully saturated rings. The van der Waals surface area contributed by atoms with E-state index in [2.05, 4.69) is 28.1 Å². The molecule has 1 rings (SSSR count). The second-order valence-corrected chi connectivity index (χ2v) is 7.16. The van der Waals surface area contributed by atoms with Crippen LogP contribution in [-0.2, 0) is 0 Å². The van der Waals surface area contributed by atoms with Gasteiger partial charge in [0.2, 0.25) is 0 Å². The lowest BCUT2D eigenvalue weighted by atomic mass is 10.1. The molecule has 0 saturated heterocycles. The van der Waals surface area contributed by atoms with Crippen LogP contribution in [0, 0.1) is 0 Å². The predicted molar refractivity (Wildman–Crippen MR) is 98.9 cm³/mol. The van der Waals surface area contributed by atoms with Gasteiger partial charge in [-0.2, -0.15) is 0 Å². The maximum Gasteiger partial charge on any atom is 0.335 e. The van der Waals surface area contributed by atoms with Gasteiger partial charge in [0.15, 0.2) is 0 Å². The summed E-state index contributed by atoms with van der Waals surface area (Å²) in [5.41, 5.74) is 0.331. The van der Waals surface area contributed by atoms with Crippen LogP contribution in [0.2, 0.25) is 0 Å². The number of nitrogens with zero attached hydrogens (tertiary/aromatic N) is 1. The average Bonchev–Trinajstić information content (AvgIpc) is 2.50. The van der Waals surface area contributed by atoms with Gasteiger partial charge in [-0.1, -0.05) is 63.6 Å². The van der Waals surface area contributed by atoms with Crippen molar-refractivity contribution in [2.75, 3.05) is 27.7 Å². The number of quaternary nitrogens is 1. The van der Waals surface area contributed by atoms with Crippen molar-refractivity contribution in [1.29, 1.82) is 0 Å². The smallest absolute Gasteiger partial charge is 0.335 e. The molecule has 23 heavy (non-hydrogen) atoms. The van der Waals surface area contributed by atoms with Gasteiger partial charge in [0, 0.05) is 0 Å². The highest BCUT2D eigenvalue weighted by atomic mass is 16.4. The van der Waals surface area contributed by atoms with Crippen LogP contribution in [0.4, 0.5) is 0 Å². The van der Waals surface area contributed by atoms with E-state index in [-0.39, 0.29) is 0 Å². The number of carboxylic acid groups (broad SMARTS) is 1. The molecule has 3 nitrogen and oxygen atoms in total. The number of aromatic carboxylic acids is 1. The van der Waals surface area contributed by atoms with E-state index in [1.54, 1.807) is 30.3 Å². The molecule has 0 aliphatic rings. The van der Waals surface area contributed by atoms with Gasteiger partial charge in [0.1, 0.15) is 0 Å². The highest BCUT2D eigenvalue weighted by Crippen LogP contribution is 2.09. The Morgan fingerprint density at radius 2 is 1.35 bits per heavy atom. The van der Waals surface area contributed by atoms with Crippen molar-refractivity contribution in [2.45, 2.75) is 58.3 Å². The van der Waals surface area contributed by atoms with Crippen LogP contribution in [0.3, 0.4) is 0 Å². The summed E-state index contributed by atoms with van der Waals surface area (Å²) in [6.45, 7) is 3.61. The summed E-state index contributed by atoms with van der Waals surface area (Å²) in [7, 11) is 6.84. The molecule has 0 aliphatic heterocycles. The van der Waals surface area contributed by atoms with Gasteiger partial charge in [-0.15, -0.1) is 0 Å². The zero-order chi connectivity index (χ0) is 17.6. The second kappa shape index (κ2) is 13.1. The summed E-state index contributed by atoms with van der Waals surface area (Å²) in [4.78, 5) is 10.2. The summed E-state index contributed by atoms with van der Waals surface area (Å²) in [5, 5.41) is 8.38. The lowest BCUT2D eigenvalue weighted by molar-refractivity contribution is -0.870. The van der Waals surface area contributed by atoms with E-state index in [9.17, 15) is 4.79 Å². The molecule has 0 amide bonds. The third kappa shape index (κ3) is 15.3. The Morgan fingerprint density at radius 1 is 0.870 bits per heavy atom. The number of unbranched alkanes of at least 4 members (excludes halogenated alkanes) is 7. The first-order valence-electron chi connectivity index (χ1n) is 8.95. The van der Waals surface area contributed by atoms with E-state index in [4.69, 9.17) is 5.11 Å². The van der Waals surface area contributed by atoms with Crippen molar-refractivity contribution >= 4 is 5.97 Å². The number of carboxylic acids is 1. The van der Waals surface area contributed by atoms with Gasteiger partial charge in [0.05, 0.1) is 33.3 Å². The third-order valence-corrected chi connectivity index (χ3v) is 3.70. The first kappa shape index (κ1) is 21.6. The number of benzene rings is 1. The van der Waals surface area contributed by atoms with E-state index in [0.29, 0.717) is 5.56 Å². The van der Waals surface area contributed by atoms with Gasteiger partial charge in [-0.3, -0.25) is 0 Å². The Hall–Kier alpha value is -1.35. The van der Waals surface area contributed by atoms with Crippen molar-refractivity contribution in [3.63, 3.8) is 0 Å². The Labute approximate surface area is 142 Å². The second-order valence-electron chi connectivity index (χ2n) is 7.16. The van der Waals surface area contributed by atoms with E-state index < -0.39 is 5.97 Å². The summed E-state index contributed by atoms with van der Waals surface area (Å²) in [6, 6.07) is 8.30. The van der Waals surface area contributed by atoms with Crippen molar-refractivity contribution in [2.24, 2.45) is 0 Å². The largest absolute Gasteiger partial charge is 0.478 e. The number of hydrogen-bond acceptors (Lipinski definition) is 1. The van der Waals surface area contributed by atoms with Crippen LogP contribution in [0.1, 0.15) is 68.6 Å². The van der Waals surface area contributed by atoms with Crippen molar-refractivity contribution < 1.29 is 14.4 Å². The molecule has 0 bridgehead atoms. The zero-order valence-electron chi connectivity index (χ0n) is 15.6. The molecule has 0 aliphatic carbocycles. The lowest BCUT2D eigenvalue weighted by Crippen LogP contribution is -2.35. The number of rotatable bonds is 10. The van der Waals surface area contributed by atoms with Crippen LogP contribution in [0.15, 0.2) is 30.3 Å². The first-order chi connectivity index (χ1) is 10.9. The molecule has 0 saturated carbocycles. The van der Waals surface area contributed by atoms with E-state index >= 15 is 0 Å². The average molecular weight is 323 g/mol. The zero-order valence-corrected chi connectivity index (χ0v) is 15.6. The van der Waals surface area contributed by atoms with Crippen molar-refractivity contribution in [1.82, 2.24) is 0 Å². The molecule has 1 aromatic carbocycles. The number of carbonyl (C=O) groups is 1. The monoisotopic (exact) mass is 322 g/mol. The van der Waals surface area contributed by atoms with Crippen molar-refractivity contribution in [3.05, 3.63) is 35.9 Å². The Morgan fingerprint density at radius 3 is 1.74 bits per heavy atom. The standard InChI is InChI=1S/C13H30N.C7H6O2/c1-5-6-7-8-9-10-11-12-13-14(2,3)4;8-7(9)6-4-2-1-3-5-6/h5-13H2,1-4H3;1-5H,(H,8,9)/q+1;. The summed E-state index contributed by atoms with van der Waals surface area (Å²) >= 11 is 0. The minimum Gasteiger partial charge on any atom is -0.478 e. The predicted octanol–water partition coefficient (Wildman–Crippen LogP) is 5.22. The van der Waals surface area contributed by atoms with Crippen LogP contribution < -0.4 is 0 Å². The topological polar surface area (TPSA) is 37.3 Å². The molecular formula is C20H36NO2+. The maximum absolute atomic E-state index is 10.2. The van der Waals surface area contributed by atoms with Crippen LogP contribution in [0.5, 0.6) is 0 Å².